The van der Waals surface area contributed by atoms with E-state index in [1.54, 1.807) is 22.9 Å². The van der Waals surface area contributed by atoms with E-state index < -0.39 is 9.84 Å². The van der Waals surface area contributed by atoms with E-state index in [9.17, 15) is 17.6 Å². The van der Waals surface area contributed by atoms with Gasteiger partial charge in [0.25, 0.3) is 5.91 Å². The zero-order valence-corrected chi connectivity index (χ0v) is 21.1. The predicted molar refractivity (Wildman–Crippen MR) is 133 cm³/mol. The molecule has 0 spiro atoms. The fourth-order valence-electron chi connectivity index (χ4n) is 5.21. The molecule has 5 rings (SSSR count). The Morgan fingerprint density at radius 2 is 1.83 bits per heavy atom. The van der Waals surface area contributed by atoms with Crippen molar-refractivity contribution in [2.24, 2.45) is 0 Å². The van der Waals surface area contributed by atoms with Crippen LogP contribution in [0, 0.1) is 12.7 Å². The Hall–Kier alpha value is -2.85. The monoisotopic (exact) mass is 499 g/mol. The van der Waals surface area contributed by atoms with Gasteiger partial charge in [0.05, 0.1) is 39.9 Å². The number of rotatable bonds is 4. The van der Waals surface area contributed by atoms with Crippen LogP contribution in [-0.2, 0) is 9.84 Å². The van der Waals surface area contributed by atoms with Gasteiger partial charge in [-0.3, -0.25) is 4.79 Å². The number of nitrogens with zero attached hydrogens (tertiary/aromatic N) is 5. The van der Waals surface area contributed by atoms with Crippen molar-refractivity contribution in [1.82, 2.24) is 24.6 Å². The minimum Gasteiger partial charge on any atom is -0.339 e. The Balaban J connectivity index is 1.64. The Bertz CT molecular complexity index is 1380. The van der Waals surface area contributed by atoms with Crippen LogP contribution in [-0.4, -0.2) is 83.6 Å². The molecule has 2 aromatic heterocycles. The molecule has 0 aliphatic carbocycles. The summed E-state index contributed by atoms with van der Waals surface area (Å²) in [7, 11) is 0.784. The lowest BCUT2D eigenvalue weighted by Gasteiger charge is -2.35. The summed E-state index contributed by atoms with van der Waals surface area (Å²) in [6.07, 6.45) is 2.26. The summed E-state index contributed by atoms with van der Waals surface area (Å²) in [5.41, 5.74) is 2.82. The number of fused-ring (bicyclic) bond motifs is 1. The molecule has 10 heteroatoms. The fourth-order valence-corrected chi connectivity index (χ4v) is 6.90. The van der Waals surface area contributed by atoms with Crippen LogP contribution in [0.3, 0.4) is 0 Å². The second-order valence-electron chi connectivity index (χ2n) is 9.80. The highest BCUT2D eigenvalue weighted by Crippen LogP contribution is 2.33. The number of amides is 1. The molecule has 2 aliphatic rings. The molecule has 1 aromatic carbocycles. The number of pyridine rings is 1. The molecule has 2 aliphatic heterocycles. The number of carbonyl (C=O) groups is 1. The topological polar surface area (TPSA) is 88.4 Å². The number of halogens is 1. The van der Waals surface area contributed by atoms with Crippen molar-refractivity contribution in [3.05, 3.63) is 47.4 Å². The van der Waals surface area contributed by atoms with Gasteiger partial charge in [-0.1, -0.05) is 0 Å². The van der Waals surface area contributed by atoms with Crippen molar-refractivity contribution in [3.63, 3.8) is 0 Å². The summed E-state index contributed by atoms with van der Waals surface area (Å²) >= 11 is 0. The van der Waals surface area contributed by atoms with Gasteiger partial charge in [0, 0.05) is 18.7 Å². The van der Waals surface area contributed by atoms with Crippen LogP contribution >= 0.6 is 0 Å². The molecule has 0 radical (unpaired) electrons. The molecule has 8 nitrogen and oxygen atoms in total. The maximum atomic E-state index is 13.9. The van der Waals surface area contributed by atoms with Crippen LogP contribution < -0.4 is 0 Å². The highest BCUT2D eigenvalue weighted by molar-refractivity contribution is 7.91. The van der Waals surface area contributed by atoms with E-state index >= 15 is 0 Å². The van der Waals surface area contributed by atoms with Crippen LogP contribution in [0.1, 0.15) is 41.4 Å². The first-order valence-electron chi connectivity index (χ1n) is 11.9. The SMILES string of the molecule is Cc1nn(C2CCS(=O)(=O)C2)c2nc(-c3ccc(F)cc3)cc(C(=O)N(C)C3CCN(C)CC3)c12. The summed E-state index contributed by atoms with van der Waals surface area (Å²) in [4.78, 5) is 22.7. The van der Waals surface area contributed by atoms with Crippen molar-refractivity contribution < 1.29 is 17.6 Å². The summed E-state index contributed by atoms with van der Waals surface area (Å²) in [6.45, 7) is 3.69. The van der Waals surface area contributed by atoms with E-state index in [0.29, 0.717) is 40.0 Å². The quantitative estimate of drug-likeness (QED) is 0.548. The summed E-state index contributed by atoms with van der Waals surface area (Å²) in [5, 5.41) is 5.31. The standard InChI is InChI=1S/C25H30FN5O3S/c1-16-23-21(25(32)30(3)19-8-11-29(2)12-9-19)14-22(17-4-6-18(26)7-5-17)27-24(23)31(28-16)20-10-13-35(33,34)15-20/h4-7,14,19-20H,8-13,15H2,1-3H3. The first-order chi connectivity index (χ1) is 16.6. The molecule has 4 heterocycles. The van der Waals surface area contributed by atoms with Crippen molar-refractivity contribution >= 4 is 26.8 Å². The van der Waals surface area contributed by atoms with Crippen LogP contribution in [0.2, 0.25) is 0 Å². The van der Waals surface area contributed by atoms with Gasteiger partial charge in [-0.25, -0.2) is 22.5 Å². The highest BCUT2D eigenvalue weighted by Gasteiger charge is 2.33. The zero-order valence-electron chi connectivity index (χ0n) is 20.2. The first-order valence-corrected chi connectivity index (χ1v) is 13.8. The van der Waals surface area contributed by atoms with Gasteiger partial charge in [0.15, 0.2) is 15.5 Å². The number of hydrogen-bond donors (Lipinski definition) is 0. The smallest absolute Gasteiger partial charge is 0.254 e. The zero-order chi connectivity index (χ0) is 24.9. The predicted octanol–water partition coefficient (Wildman–Crippen LogP) is 3.07. The Kier molecular flexibility index (Phi) is 6.13. The van der Waals surface area contributed by atoms with Crippen LogP contribution in [0.15, 0.2) is 30.3 Å². The normalized spacial score (nSPS) is 21.0. The van der Waals surface area contributed by atoms with Crippen molar-refractivity contribution in [1.29, 1.82) is 0 Å². The molecular formula is C25H30FN5O3S. The molecule has 186 valence electrons. The maximum Gasteiger partial charge on any atom is 0.254 e. The number of aryl methyl sites for hydroxylation is 1. The van der Waals surface area contributed by atoms with Gasteiger partial charge in [0.2, 0.25) is 0 Å². The number of hydrogen-bond acceptors (Lipinski definition) is 6. The average molecular weight is 500 g/mol. The fraction of sp³-hybridized carbons (Fsp3) is 0.480. The number of benzene rings is 1. The third-order valence-electron chi connectivity index (χ3n) is 7.32. The third-order valence-corrected chi connectivity index (χ3v) is 9.07. The average Bonchev–Trinajstić information content (AvgIpc) is 3.37. The highest BCUT2D eigenvalue weighted by atomic mass is 32.2. The molecule has 0 bridgehead atoms. The summed E-state index contributed by atoms with van der Waals surface area (Å²) in [5.74, 6) is -0.354. The van der Waals surface area contributed by atoms with Gasteiger partial charge in [-0.2, -0.15) is 5.10 Å². The number of piperidine rings is 1. The van der Waals surface area contributed by atoms with Crippen LogP contribution in [0.5, 0.6) is 0 Å². The van der Waals surface area contributed by atoms with Crippen molar-refractivity contribution in [2.75, 3.05) is 38.7 Å². The van der Waals surface area contributed by atoms with E-state index in [1.807, 2.05) is 18.9 Å². The number of likely N-dealkylation sites (tertiary alicyclic amines) is 1. The lowest BCUT2D eigenvalue weighted by atomic mass is 10.0. The molecule has 0 saturated carbocycles. The second-order valence-corrected chi connectivity index (χ2v) is 12.0. The van der Waals surface area contributed by atoms with Gasteiger partial charge < -0.3 is 9.80 Å². The Morgan fingerprint density at radius 1 is 1.14 bits per heavy atom. The molecule has 1 atom stereocenters. The van der Waals surface area contributed by atoms with Gasteiger partial charge in [0.1, 0.15) is 5.82 Å². The Morgan fingerprint density at radius 3 is 2.46 bits per heavy atom. The van der Waals surface area contributed by atoms with E-state index in [1.165, 1.54) is 12.1 Å². The number of aromatic nitrogens is 3. The van der Waals surface area contributed by atoms with E-state index in [4.69, 9.17) is 4.98 Å². The molecule has 1 amide bonds. The summed E-state index contributed by atoms with van der Waals surface area (Å²) in [6, 6.07) is 7.54. The number of sulfone groups is 1. The second kappa shape index (κ2) is 8.98. The van der Waals surface area contributed by atoms with Crippen LogP contribution in [0.25, 0.3) is 22.3 Å². The van der Waals surface area contributed by atoms with Crippen molar-refractivity contribution in [3.8, 4) is 11.3 Å². The molecule has 2 saturated heterocycles. The molecule has 2 fully saturated rings. The first kappa shape index (κ1) is 23.9. The summed E-state index contributed by atoms with van der Waals surface area (Å²) < 4.78 is 39.6. The van der Waals surface area contributed by atoms with Gasteiger partial charge in [-0.05, 0) is 76.7 Å². The molecule has 0 N–H and O–H groups in total. The Labute approximate surface area is 204 Å². The lowest BCUT2D eigenvalue weighted by molar-refractivity contribution is 0.0661. The van der Waals surface area contributed by atoms with Gasteiger partial charge in [-0.15, -0.1) is 0 Å². The molecule has 35 heavy (non-hydrogen) atoms. The van der Waals surface area contributed by atoms with E-state index in [2.05, 4.69) is 17.0 Å². The lowest BCUT2D eigenvalue weighted by Crippen LogP contribution is -2.44. The molecular weight excluding hydrogens is 469 g/mol. The van der Waals surface area contributed by atoms with Crippen LogP contribution in [0.4, 0.5) is 4.39 Å². The molecule has 3 aromatic rings. The minimum atomic E-state index is -3.14. The van der Waals surface area contributed by atoms with Gasteiger partial charge >= 0.3 is 0 Å². The minimum absolute atomic E-state index is 0.00441. The number of carbonyl (C=O) groups excluding carboxylic acids is 1. The van der Waals surface area contributed by atoms with E-state index in [0.717, 1.165) is 25.9 Å². The molecule has 1 unspecified atom stereocenters. The maximum absolute atomic E-state index is 13.9. The van der Waals surface area contributed by atoms with Crippen molar-refractivity contribution in [2.45, 2.75) is 38.3 Å². The largest absolute Gasteiger partial charge is 0.339 e. The van der Waals surface area contributed by atoms with E-state index in [-0.39, 0.29) is 35.3 Å². The third kappa shape index (κ3) is 4.56.